The molecule has 88 valence electrons. The van der Waals surface area contributed by atoms with E-state index in [1.807, 2.05) is 22.7 Å². The van der Waals surface area contributed by atoms with Gasteiger partial charge in [0.15, 0.2) is 6.29 Å². The number of rotatable bonds is 2. The van der Waals surface area contributed by atoms with Crippen LogP contribution >= 0.6 is 0 Å². The van der Waals surface area contributed by atoms with E-state index >= 15 is 0 Å². The number of ether oxygens (including phenoxy) is 1. The van der Waals surface area contributed by atoms with Gasteiger partial charge in [-0.25, -0.2) is 4.98 Å². The molecule has 1 aliphatic rings. The molecule has 0 aliphatic carbocycles. The highest BCUT2D eigenvalue weighted by Crippen LogP contribution is 2.26. The molecule has 0 bridgehead atoms. The Morgan fingerprint density at radius 2 is 2.18 bits per heavy atom. The molecule has 1 saturated heterocycles. The fourth-order valence-electron chi connectivity index (χ4n) is 2.34. The summed E-state index contributed by atoms with van der Waals surface area (Å²) in [5.74, 6) is 0.461. The fourth-order valence-corrected chi connectivity index (χ4v) is 2.34. The predicted octanol–water partition coefficient (Wildman–Crippen LogP) is 2.04. The number of aromatic nitrogens is 2. The van der Waals surface area contributed by atoms with Crippen molar-refractivity contribution in [3.05, 3.63) is 35.8 Å². The second kappa shape index (κ2) is 4.30. The molecule has 4 nitrogen and oxygen atoms in total. The lowest BCUT2D eigenvalue weighted by Gasteiger charge is -2.19. The molecule has 0 atom stereocenters. The van der Waals surface area contributed by atoms with Crippen LogP contribution in [0.15, 0.2) is 24.4 Å². The zero-order valence-electron chi connectivity index (χ0n) is 9.50. The third-order valence-corrected chi connectivity index (χ3v) is 3.30. The van der Waals surface area contributed by atoms with Crippen LogP contribution in [0.1, 0.15) is 34.9 Å². The first-order valence-corrected chi connectivity index (χ1v) is 5.89. The van der Waals surface area contributed by atoms with E-state index in [4.69, 9.17) is 4.74 Å². The zero-order chi connectivity index (χ0) is 11.7. The van der Waals surface area contributed by atoms with Gasteiger partial charge in [0, 0.05) is 25.3 Å². The van der Waals surface area contributed by atoms with Gasteiger partial charge in [-0.2, -0.15) is 0 Å². The summed E-state index contributed by atoms with van der Waals surface area (Å²) in [6.07, 6.45) is 4.87. The molecular weight excluding hydrogens is 216 g/mol. The average Bonchev–Trinajstić information content (AvgIpc) is 2.83. The molecule has 17 heavy (non-hydrogen) atoms. The van der Waals surface area contributed by atoms with Crippen molar-refractivity contribution in [2.24, 2.45) is 0 Å². The first-order chi connectivity index (χ1) is 8.38. The Morgan fingerprint density at radius 3 is 2.94 bits per heavy atom. The monoisotopic (exact) mass is 230 g/mol. The van der Waals surface area contributed by atoms with Crippen molar-refractivity contribution in [2.45, 2.75) is 18.8 Å². The first-order valence-electron chi connectivity index (χ1n) is 5.89. The molecule has 0 spiro atoms. The number of pyridine rings is 1. The fraction of sp³-hybridized carbons (Fsp3) is 0.385. The molecule has 2 aromatic rings. The van der Waals surface area contributed by atoms with Gasteiger partial charge in [-0.1, -0.05) is 6.07 Å². The van der Waals surface area contributed by atoms with Gasteiger partial charge in [-0.15, -0.1) is 0 Å². The summed E-state index contributed by atoms with van der Waals surface area (Å²) in [4.78, 5) is 15.5. The van der Waals surface area contributed by atoms with E-state index in [9.17, 15) is 4.79 Å². The van der Waals surface area contributed by atoms with Crippen molar-refractivity contribution in [1.29, 1.82) is 0 Å². The van der Waals surface area contributed by atoms with Gasteiger partial charge >= 0.3 is 0 Å². The van der Waals surface area contributed by atoms with Crippen LogP contribution in [0.3, 0.4) is 0 Å². The van der Waals surface area contributed by atoms with Crippen LogP contribution in [-0.4, -0.2) is 28.9 Å². The number of fused-ring (bicyclic) bond motifs is 1. The molecule has 0 unspecified atom stereocenters. The van der Waals surface area contributed by atoms with Crippen LogP contribution in [0, 0.1) is 0 Å². The van der Waals surface area contributed by atoms with Gasteiger partial charge in [0.25, 0.3) is 0 Å². The van der Waals surface area contributed by atoms with Crippen LogP contribution < -0.4 is 0 Å². The van der Waals surface area contributed by atoms with Gasteiger partial charge in [-0.05, 0) is 25.0 Å². The van der Waals surface area contributed by atoms with Crippen LogP contribution in [0.4, 0.5) is 0 Å². The molecule has 3 rings (SSSR count). The van der Waals surface area contributed by atoms with Gasteiger partial charge in [-0.3, -0.25) is 9.20 Å². The summed E-state index contributed by atoms with van der Waals surface area (Å²) in [5, 5.41) is 0. The lowest BCUT2D eigenvalue weighted by molar-refractivity contribution is 0.0846. The van der Waals surface area contributed by atoms with E-state index in [0.29, 0.717) is 11.6 Å². The van der Waals surface area contributed by atoms with Gasteiger partial charge < -0.3 is 4.74 Å². The molecule has 0 aromatic carbocycles. The molecule has 0 N–H and O–H groups in total. The summed E-state index contributed by atoms with van der Waals surface area (Å²) < 4.78 is 7.21. The lowest BCUT2D eigenvalue weighted by atomic mass is 9.97. The molecule has 1 aliphatic heterocycles. The number of carbonyl (C=O) groups excluding carboxylic acids is 1. The Labute approximate surface area is 99.2 Å². The second-order valence-electron chi connectivity index (χ2n) is 4.35. The van der Waals surface area contributed by atoms with E-state index in [0.717, 1.165) is 43.7 Å². The predicted molar refractivity (Wildman–Crippen MR) is 63.4 cm³/mol. The molecular formula is C13H14N2O2. The van der Waals surface area contributed by atoms with E-state index in [1.165, 1.54) is 0 Å². The molecule has 0 amide bonds. The lowest BCUT2D eigenvalue weighted by Crippen LogP contribution is -2.14. The largest absolute Gasteiger partial charge is 0.381 e. The maximum absolute atomic E-state index is 10.9. The summed E-state index contributed by atoms with van der Waals surface area (Å²) >= 11 is 0. The van der Waals surface area contributed by atoms with E-state index in [2.05, 4.69) is 4.98 Å². The number of nitrogens with zero attached hydrogens (tertiary/aromatic N) is 2. The van der Waals surface area contributed by atoms with Gasteiger partial charge in [0.2, 0.25) is 0 Å². The Balaban J connectivity index is 2.03. The summed E-state index contributed by atoms with van der Waals surface area (Å²) in [6, 6.07) is 5.59. The smallest absolute Gasteiger partial charge is 0.166 e. The third-order valence-electron chi connectivity index (χ3n) is 3.30. The standard InChI is InChI=1S/C13H14N2O2/c16-9-11-2-1-3-13-14-12(8-15(11)13)10-4-6-17-7-5-10/h1-3,8-10H,4-7H2. The van der Waals surface area contributed by atoms with Crippen molar-refractivity contribution in [3.8, 4) is 0 Å². The van der Waals surface area contributed by atoms with Crippen molar-refractivity contribution < 1.29 is 9.53 Å². The van der Waals surface area contributed by atoms with Gasteiger partial charge in [0.1, 0.15) is 5.65 Å². The Kier molecular flexibility index (Phi) is 2.65. The SMILES string of the molecule is O=Cc1cccc2nc(C3CCOCC3)cn12. The van der Waals surface area contributed by atoms with E-state index in [-0.39, 0.29) is 0 Å². The average molecular weight is 230 g/mol. The van der Waals surface area contributed by atoms with Crippen LogP contribution in [0.5, 0.6) is 0 Å². The molecule has 4 heteroatoms. The topological polar surface area (TPSA) is 43.6 Å². The highest BCUT2D eigenvalue weighted by atomic mass is 16.5. The first kappa shape index (κ1) is 10.5. The molecule has 0 radical (unpaired) electrons. The van der Waals surface area contributed by atoms with E-state index < -0.39 is 0 Å². The minimum atomic E-state index is 0.461. The summed E-state index contributed by atoms with van der Waals surface area (Å²) in [6.45, 7) is 1.61. The van der Waals surface area contributed by atoms with Gasteiger partial charge in [0.05, 0.1) is 11.4 Å². The summed E-state index contributed by atoms with van der Waals surface area (Å²) in [5.41, 5.74) is 2.56. The van der Waals surface area contributed by atoms with E-state index in [1.54, 1.807) is 6.07 Å². The van der Waals surface area contributed by atoms with Crippen molar-refractivity contribution in [3.63, 3.8) is 0 Å². The number of carbonyl (C=O) groups is 1. The van der Waals surface area contributed by atoms with Crippen LogP contribution in [0.2, 0.25) is 0 Å². The Morgan fingerprint density at radius 1 is 1.35 bits per heavy atom. The third kappa shape index (κ3) is 1.85. The summed E-state index contributed by atoms with van der Waals surface area (Å²) in [7, 11) is 0. The highest BCUT2D eigenvalue weighted by molar-refractivity contribution is 5.73. The van der Waals surface area contributed by atoms with Crippen molar-refractivity contribution in [2.75, 3.05) is 13.2 Å². The number of aldehydes is 1. The Bertz CT molecular complexity index is 541. The number of hydrogen-bond acceptors (Lipinski definition) is 3. The molecule has 1 fully saturated rings. The van der Waals surface area contributed by atoms with Crippen molar-refractivity contribution >= 4 is 11.9 Å². The normalized spacial score (nSPS) is 17.4. The number of imidazole rings is 1. The number of hydrogen-bond donors (Lipinski definition) is 0. The molecule has 0 saturated carbocycles. The maximum atomic E-state index is 10.9. The van der Waals surface area contributed by atoms with Crippen molar-refractivity contribution in [1.82, 2.24) is 9.38 Å². The second-order valence-corrected chi connectivity index (χ2v) is 4.35. The zero-order valence-corrected chi connectivity index (χ0v) is 9.50. The van der Waals surface area contributed by atoms with Crippen LogP contribution in [-0.2, 0) is 4.74 Å². The quantitative estimate of drug-likeness (QED) is 0.741. The molecule has 3 heterocycles. The highest BCUT2D eigenvalue weighted by Gasteiger charge is 2.19. The minimum absolute atomic E-state index is 0.461. The maximum Gasteiger partial charge on any atom is 0.166 e. The van der Waals surface area contributed by atoms with Crippen LogP contribution in [0.25, 0.3) is 5.65 Å². The Hall–Kier alpha value is -1.68. The minimum Gasteiger partial charge on any atom is -0.381 e. The molecule has 2 aromatic heterocycles.